The van der Waals surface area contributed by atoms with E-state index in [0.717, 1.165) is 25.1 Å². The fourth-order valence-corrected chi connectivity index (χ4v) is 5.64. The maximum atomic E-state index is 13.3. The summed E-state index contributed by atoms with van der Waals surface area (Å²) in [6, 6.07) is 16.1. The SMILES string of the molecule is CC(C)COc1ccccc1-c1nc(CS(=O)(=O)c2cccc(N3CCC[C@H](C)C3)n2)ccc1Cl.O=C=O. The number of rotatable bonds is 8. The lowest BCUT2D eigenvalue weighted by Gasteiger charge is -2.32. The first-order valence-electron chi connectivity index (χ1n) is 12.5. The average Bonchev–Trinajstić information content (AvgIpc) is 2.89. The van der Waals surface area contributed by atoms with Crippen molar-refractivity contribution in [3.05, 3.63) is 65.3 Å². The van der Waals surface area contributed by atoms with Gasteiger partial charge in [0.05, 0.1) is 28.8 Å². The highest BCUT2D eigenvalue weighted by Crippen LogP contribution is 2.34. The third-order valence-corrected chi connectivity index (χ3v) is 7.81. The molecule has 0 saturated carbocycles. The van der Waals surface area contributed by atoms with E-state index < -0.39 is 9.84 Å². The van der Waals surface area contributed by atoms with Crippen LogP contribution in [0.25, 0.3) is 11.3 Å². The van der Waals surface area contributed by atoms with Crippen molar-refractivity contribution in [3.8, 4) is 17.0 Å². The molecule has 0 aliphatic carbocycles. The monoisotopic (exact) mass is 557 g/mol. The van der Waals surface area contributed by atoms with E-state index >= 15 is 0 Å². The van der Waals surface area contributed by atoms with Gasteiger partial charge in [-0.2, -0.15) is 9.59 Å². The minimum Gasteiger partial charge on any atom is -0.493 e. The molecule has 0 bridgehead atoms. The van der Waals surface area contributed by atoms with Gasteiger partial charge in [0.2, 0.25) is 9.84 Å². The van der Waals surface area contributed by atoms with Crippen molar-refractivity contribution in [2.24, 2.45) is 11.8 Å². The third-order valence-electron chi connectivity index (χ3n) is 5.96. The number of hydrogen-bond acceptors (Lipinski definition) is 8. The number of benzene rings is 1. The molecule has 38 heavy (non-hydrogen) atoms. The maximum absolute atomic E-state index is 13.3. The van der Waals surface area contributed by atoms with Crippen molar-refractivity contribution < 1.29 is 22.7 Å². The van der Waals surface area contributed by atoms with Gasteiger partial charge in [-0.05, 0) is 61.1 Å². The van der Waals surface area contributed by atoms with Crippen LogP contribution in [0.2, 0.25) is 5.02 Å². The molecule has 1 aliphatic rings. The summed E-state index contributed by atoms with van der Waals surface area (Å²) in [5.74, 6) is 2.03. The highest BCUT2D eigenvalue weighted by molar-refractivity contribution is 7.90. The predicted molar refractivity (Wildman–Crippen MR) is 146 cm³/mol. The van der Waals surface area contributed by atoms with Crippen molar-refractivity contribution in [1.29, 1.82) is 0 Å². The van der Waals surface area contributed by atoms with Gasteiger partial charge in [-0.1, -0.05) is 50.6 Å². The molecule has 0 spiro atoms. The molecule has 0 amide bonds. The maximum Gasteiger partial charge on any atom is 0.373 e. The Bertz CT molecular complexity index is 1370. The van der Waals surface area contributed by atoms with Gasteiger partial charge in [0.25, 0.3) is 0 Å². The number of aromatic nitrogens is 2. The number of nitrogens with zero attached hydrogens (tertiary/aromatic N) is 3. The average molecular weight is 558 g/mol. The number of hydrogen-bond donors (Lipinski definition) is 0. The zero-order valence-corrected chi connectivity index (χ0v) is 23.3. The quantitative estimate of drug-likeness (QED) is 0.359. The minimum absolute atomic E-state index is 0.0622. The first-order chi connectivity index (χ1) is 18.1. The molecule has 8 nitrogen and oxygen atoms in total. The molecule has 1 atom stereocenters. The number of ether oxygens (including phenoxy) is 1. The van der Waals surface area contributed by atoms with Crippen molar-refractivity contribution >= 4 is 33.4 Å². The number of carbonyl (C=O) groups excluding carboxylic acids is 2. The second-order valence-corrected chi connectivity index (χ2v) is 12.0. The topological polar surface area (TPSA) is 107 Å². The highest BCUT2D eigenvalue weighted by atomic mass is 35.5. The van der Waals surface area contributed by atoms with E-state index in [4.69, 9.17) is 25.9 Å². The molecule has 2 aromatic heterocycles. The Morgan fingerprint density at radius 3 is 2.53 bits per heavy atom. The van der Waals surface area contributed by atoms with E-state index in [2.05, 4.69) is 35.6 Å². The Hall–Kier alpha value is -3.26. The Morgan fingerprint density at radius 2 is 1.82 bits per heavy atom. The van der Waals surface area contributed by atoms with E-state index in [9.17, 15) is 8.42 Å². The molecule has 0 radical (unpaired) electrons. The van der Waals surface area contributed by atoms with Crippen LogP contribution in [-0.4, -0.2) is 44.2 Å². The number of para-hydroxylation sites is 1. The van der Waals surface area contributed by atoms with E-state index in [-0.39, 0.29) is 16.9 Å². The normalized spacial score (nSPS) is 15.4. The van der Waals surface area contributed by atoms with Gasteiger partial charge in [-0.3, -0.25) is 4.98 Å². The van der Waals surface area contributed by atoms with Crippen molar-refractivity contribution in [3.63, 3.8) is 0 Å². The molecule has 4 rings (SSSR count). The van der Waals surface area contributed by atoms with Crippen LogP contribution < -0.4 is 9.64 Å². The standard InChI is InChI=1S/C27H32ClN3O3S.CO2/c1-19(2)17-34-24-10-5-4-9-22(24)27-23(28)14-13-21(29-27)18-35(32,33)26-12-6-11-25(30-26)31-15-7-8-20(3)16-31;2-1-3/h4-6,9-14,19-20H,7-8,15-18H2,1-3H3;/t20-;/m0./s1. The third kappa shape index (κ3) is 7.87. The fraction of sp³-hybridized carbons (Fsp3) is 0.393. The molecule has 202 valence electrons. The number of anilines is 1. The lowest BCUT2D eigenvalue weighted by Crippen LogP contribution is -2.35. The summed E-state index contributed by atoms with van der Waals surface area (Å²) in [5, 5.41) is 0.498. The molecule has 1 aliphatic heterocycles. The molecule has 1 aromatic carbocycles. The van der Waals surface area contributed by atoms with Crippen LogP contribution in [-0.2, 0) is 25.2 Å². The van der Waals surface area contributed by atoms with Gasteiger partial charge in [0.15, 0.2) is 5.03 Å². The second kappa shape index (κ2) is 13.5. The van der Waals surface area contributed by atoms with Gasteiger partial charge >= 0.3 is 6.15 Å². The van der Waals surface area contributed by atoms with Crippen LogP contribution in [0.1, 0.15) is 39.3 Å². The number of piperidine rings is 1. The minimum atomic E-state index is -3.71. The van der Waals surface area contributed by atoms with Gasteiger partial charge in [0.1, 0.15) is 11.6 Å². The first-order valence-corrected chi connectivity index (χ1v) is 14.5. The smallest absolute Gasteiger partial charge is 0.373 e. The van der Waals surface area contributed by atoms with Gasteiger partial charge in [0, 0.05) is 18.7 Å². The molecule has 1 fully saturated rings. The van der Waals surface area contributed by atoms with Gasteiger partial charge in [-0.25, -0.2) is 13.4 Å². The predicted octanol–water partition coefficient (Wildman–Crippen LogP) is 5.46. The Morgan fingerprint density at radius 1 is 1.08 bits per heavy atom. The van der Waals surface area contributed by atoms with Crippen molar-refractivity contribution in [2.45, 2.75) is 44.4 Å². The lowest BCUT2D eigenvalue weighted by atomic mass is 10.0. The van der Waals surface area contributed by atoms with E-state index in [1.165, 1.54) is 6.42 Å². The molecule has 0 unspecified atom stereocenters. The summed E-state index contributed by atoms with van der Waals surface area (Å²) in [7, 11) is -3.71. The Balaban J connectivity index is 0.00000127. The summed E-state index contributed by atoms with van der Waals surface area (Å²) in [6.45, 7) is 8.70. The lowest BCUT2D eigenvalue weighted by molar-refractivity contribution is -0.191. The fourth-order valence-electron chi connectivity index (χ4n) is 4.22. The van der Waals surface area contributed by atoms with Gasteiger partial charge < -0.3 is 9.64 Å². The van der Waals surface area contributed by atoms with E-state index in [0.29, 0.717) is 46.4 Å². The summed E-state index contributed by atoms with van der Waals surface area (Å²) < 4.78 is 32.6. The molecule has 3 heterocycles. The molecule has 0 N–H and O–H groups in total. The molecular weight excluding hydrogens is 526 g/mol. The summed E-state index contributed by atoms with van der Waals surface area (Å²) in [4.78, 5) is 27.6. The summed E-state index contributed by atoms with van der Waals surface area (Å²) >= 11 is 6.49. The second-order valence-electron chi connectivity index (χ2n) is 9.70. The highest BCUT2D eigenvalue weighted by Gasteiger charge is 2.23. The molecule has 3 aromatic rings. The summed E-state index contributed by atoms with van der Waals surface area (Å²) in [6.07, 6.45) is 2.52. The zero-order valence-electron chi connectivity index (χ0n) is 21.8. The number of pyridine rings is 2. The number of sulfone groups is 1. The van der Waals surface area contributed by atoms with E-state index in [1.807, 2.05) is 30.3 Å². The molecule has 10 heteroatoms. The van der Waals surface area contributed by atoms with Crippen LogP contribution in [0.5, 0.6) is 5.75 Å². The van der Waals surface area contributed by atoms with Crippen LogP contribution in [0.3, 0.4) is 0 Å². The first kappa shape index (κ1) is 29.3. The van der Waals surface area contributed by atoms with Gasteiger partial charge in [-0.15, -0.1) is 0 Å². The molecular formula is C28H32ClN3O5S. The largest absolute Gasteiger partial charge is 0.493 e. The van der Waals surface area contributed by atoms with Crippen LogP contribution >= 0.6 is 11.6 Å². The summed E-state index contributed by atoms with van der Waals surface area (Å²) in [5.41, 5.74) is 1.64. The molecule has 1 saturated heterocycles. The Labute approximate surface area is 228 Å². The number of halogens is 1. The van der Waals surface area contributed by atoms with Crippen molar-refractivity contribution in [2.75, 3.05) is 24.6 Å². The van der Waals surface area contributed by atoms with Crippen molar-refractivity contribution in [1.82, 2.24) is 9.97 Å². The van der Waals surface area contributed by atoms with Crippen LogP contribution in [0.15, 0.2) is 59.6 Å². The Kier molecular flexibility index (Phi) is 10.4. The van der Waals surface area contributed by atoms with E-state index in [1.54, 1.807) is 24.3 Å². The zero-order chi connectivity index (χ0) is 27.7. The van der Waals surface area contributed by atoms with Crippen LogP contribution in [0, 0.1) is 11.8 Å². The van der Waals surface area contributed by atoms with Crippen LogP contribution in [0.4, 0.5) is 5.82 Å².